The summed E-state index contributed by atoms with van der Waals surface area (Å²) in [6.07, 6.45) is 1.57. The number of aromatic nitrogens is 5. The minimum absolute atomic E-state index is 0.00427. The Morgan fingerprint density at radius 1 is 1.02 bits per heavy atom. The van der Waals surface area contributed by atoms with Gasteiger partial charge in [0, 0.05) is 57.6 Å². The van der Waals surface area contributed by atoms with Crippen LogP contribution in [0.2, 0.25) is 0 Å². The molecule has 11 nitrogen and oxygen atoms in total. The van der Waals surface area contributed by atoms with Gasteiger partial charge in [-0.3, -0.25) is 15.0 Å². The van der Waals surface area contributed by atoms with Crippen LogP contribution in [-0.4, -0.2) is 85.7 Å². The lowest BCUT2D eigenvalue weighted by Gasteiger charge is -2.32. The molecule has 2 aliphatic rings. The molecule has 1 saturated heterocycles. The second-order valence-corrected chi connectivity index (χ2v) is 11.8. The first-order valence-corrected chi connectivity index (χ1v) is 15.1. The number of nitrogens with one attached hydrogen (secondary N) is 3. The van der Waals surface area contributed by atoms with Gasteiger partial charge in [0.05, 0.1) is 46.6 Å². The number of nitrogens with zero attached hydrogens (tertiary/aromatic N) is 6. The minimum Gasteiger partial charge on any atom is -0.453 e. The number of anilines is 1. The predicted octanol–water partition coefficient (Wildman–Crippen LogP) is 5.64. The van der Waals surface area contributed by atoms with Gasteiger partial charge >= 0.3 is 12.2 Å². The van der Waals surface area contributed by atoms with E-state index < -0.39 is 23.6 Å². The molecule has 0 aliphatic carbocycles. The molecule has 2 aliphatic heterocycles. The largest absolute Gasteiger partial charge is 0.453 e. The fourth-order valence-corrected chi connectivity index (χ4v) is 5.93. The number of likely N-dealkylation sites (N-methyl/N-ethyl adjacent to an activating group) is 1. The molecule has 0 radical (unpaired) electrons. The van der Waals surface area contributed by atoms with Gasteiger partial charge in [0.1, 0.15) is 11.4 Å². The Morgan fingerprint density at radius 2 is 1.85 bits per heavy atom. The predicted molar refractivity (Wildman–Crippen MR) is 165 cm³/mol. The topological polar surface area (TPSA) is 118 Å². The zero-order valence-electron chi connectivity index (χ0n) is 25.4. The van der Waals surface area contributed by atoms with E-state index in [4.69, 9.17) is 4.74 Å². The molecule has 15 heteroatoms. The molecule has 1 fully saturated rings. The molecule has 0 atom stereocenters. The summed E-state index contributed by atoms with van der Waals surface area (Å²) in [6.45, 7) is 3.47. The van der Waals surface area contributed by atoms with Crippen molar-refractivity contribution in [1.82, 2.24) is 39.8 Å². The van der Waals surface area contributed by atoms with Gasteiger partial charge in [0.2, 0.25) is 0 Å². The summed E-state index contributed by atoms with van der Waals surface area (Å²) < 4.78 is 63.1. The van der Waals surface area contributed by atoms with Gasteiger partial charge in [-0.25, -0.2) is 14.2 Å². The van der Waals surface area contributed by atoms with Crippen molar-refractivity contribution < 1.29 is 27.1 Å². The van der Waals surface area contributed by atoms with Crippen molar-refractivity contribution in [3.05, 3.63) is 83.3 Å². The smallest absolute Gasteiger partial charge is 0.418 e. The van der Waals surface area contributed by atoms with Gasteiger partial charge in [-0.05, 0) is 48.9 Å². The second kappa shape index (κ2) is 12.3. The molecule has 0 spiro atoms. The molecule has 4 aromatic heterocycles. The van der Waals surface area contributed by atoms with Gasteiger partial charge in [-0.2, -0.15) is 18.3 Å². The number of H-pyrrole nitrogens is 2. The lowest BCUT2D eigenvalue weighted by Crippen LogP contribution is -2.44. The van der Waals surface area contributed by atoms with Crippen LogP contribution in [0.1, 0.15) is 22.4 Å². The quantitative estimate of drug-likeness (QED) is 0.204. The Bertz CT molecular complexity index is 1920. The number of urea groups is 1. The molecule has 5 aromatic rings. The van der Waals surface area contributed by atoms with E-state index in [-0.39, 0.29) is 30.2 Å². The lowest BCUT2D eigenvalue weighted by molar-refractivity contribution is -0.138. The number of hydrogen-bond donors (Lipinski definition) is 3. The first-order valence-electron chi connectivity index (χ1n) is 15.1. The first kappa shape index (κ1) is 30.6. The highest BCUT2D eigenvalue weighted by Gasteiger charge is 2.35. The van der Waals surface area contributed by atoms with Gasteiger partial charge in [0.25, 0.3) is 0 Å². The van der Waals surface area contributed by atoms with Gasteiger partial charge in [-0.15, -0.1) is 0 Å². The standard InChI is InChI=1S/C32H31F4N9O2/c1-43-6-8-44(9-7-43)18-28-25(32(34,35)36)11-22(15-37-28)41-31(46)45-5-4-19-2-3-23(10-20(19)17-45)47-29-24-12-27(21-13-39-40-14-21)42-30(24)38-16-26(29)33/h2-3,10-16H,4-9,17-18H2,1H3,(H,38,42)(H,39,40)(H,41,46). The van der Waals surface area contributed by atoms with Gasteiger partial charge < -0.3 is 24.8 Å². The number of benzene rings is 1. The highest BCUT2D eigenvalue weighted by molar-refractivity contribution is 5.90. The third kappa shape index (κ3) is 6.49. The summed E-state index contributed by atoms with van der Waals surface area (Å²) in [5.74, 6) is -0.288. The Morgan fingerprint density at radius 3 is 2.62 bits per heavy atom. The first-order chi connectivity index (χ1) is 22.6. The summed E-state index contributed by atoms with van der Waals surface area (Å²) in [6, 6.07) is 7.46. The van der Waals surface area contributed by atoms with E-state index in [9.17, 15) is 22.4 Å². The number of carbonyl (C=O) groups excluding carboxylic acids is 1. The second-order valence-electron chi connectivity index (χ2n) is 11.8. The number of ether oxygens (including phenoxy) is 1. The zero-order chi connectivity index (χ0) is 32.7. The van der Waals surface area contributed by atoms with E-state index >= 15 is 0 Å². The lowest BCUT2D eigenvalue weighted by atomic mass is 9.99. The number of halogens is 4. The van der Waals surface area contributed by atoms with Gasteiger partial charge in [0.15, 0.2) is 11.6 Å². The molecule has 6 heterocycles. The number of pyridine rings is 2. The number of fused-ring (bicyclic) bond motifs is 2. The molecule has 244 valence electrons. The van der Waals surface area contributed by atoms with Crippen LogP contribution < -0.4 is 10.1 Å². The number of piperazine rings is 1. The van der Waals surface area contributed by atoms with Crippen LogP contribution in [0.25, 0.3) is 22.3 Å². The Labute approximate surface area is 266 Å². The van der Waals surface area contributed by atoms with Crippen LogP contribution in [0, 0.1) is 5.82 Å². The summed E-state index contributed by atoms with van der Waals surface area (Å²) in [5.41, 5.74) is 2.69. The summed E-state index contributed by atoms with van der Waals surface area (Å²) in [4.78, 5) is 30.2. The molecular formula is C32H31F4N9O2. The van der Waals surface area contributed by atoms with Gasteiger partial charge in [-0.1, -0.05) is 6.07 Å². The molecule has 0 unspecified atom stereocenters. The fourth-order valence-electron chi connectivity index (χ4n) is 5.93. The van der Waals surface area contributed by atoms with Crippen molar-refractivity contribution in [3.8, 4) is 22.8 Å². The maximum absolute atomic E-state index is 15.0. The van der Waals surface area contributed by atoms with Crippen molar-refractivity contribution in [2.75, 3.05) is 45.1 Å². The Balaban J connectivity index is 1.06. The molecule has 0 bridgehead atoms. The van der Waals surface area contributed by atoms with E-state index in [0.29, 0.717) is 48.5 Å². The highest BCUT2D eigenvalue weighted by Crippen LogP contribution is 2.36. The fraction of sp³-hybridized carbons (Fsp3) is 0.312. The van der Waals surface area contributed by atoms with Crippen molar-refractivity contribution in [2.45, 2.75) is 25.7 Å². The number of alkyl halides is 3. The molecule has 3 N–H and O–H groups in total. The molecule has 0 saturated carbocycles. The van der Waals surface area contributed by atoms with Crippen molar-refractivity contribution in [1.29, 1.82) is 0 Å². The average molecular weight is 650 g/mol. The van der Waals surface area contributed by atoms with E-state index in [1.807, 2.05) is 18.0 Å². The molecule has 7 rings (SSSR count). The third-order valence-electron chi connectivity index (χ3n) is 8.57. The van der Waals surface area contributed by atoms with E-state index in [2.05, 4.69) is 35.4 Å². The molecule has 1 aromatic carbocycles. The van der Waals surface area contributed by atoms with Crippen molar-refractivity contribution >= 4 is 22.8 Å². The Kier molecular flexibility index (Phi) is 8.01. The van der Waals surface area contributed by atoms with Crippen LogP contribution in [0.4, 0.5) is 28.0 Å². The number of amides is 2. The maximum atomic E-state index is 15.0. The number of carbonyl (C=O) groups is 1. The summed E-state index contributed by atoms with van der Waals surface area (Å²) >= 11 is 0. The van der Waals surface area contributed by atoms with E-state index in [0.717, 1.165) is 42.0 Å². The SMILES string of the molecule is CN1CCN(Cc2ncc(NC(=O)N3CCc4ccc(Oc5c(F)cnc6[nH]c(-c7cn[nH]c7)cc56)cc4C3)cc2C(F)(F)F)CC1. The number of hydrogen-bond acceptors (Lipinski definition) is 7. The summed E-state index contributed by atoms with van der Waals surface area (Å²) in [7, 11) is 1.98. The van der Waals surface area contributed by atoms with E-state index in [1.54, 1.807) is 30.6 Å². The number of aromatic amines is 2. The van der Waals surface area contributed by atoms with Crippen molar-refractivity contribution in [3.63, 3.8) is 0 Å². The van der Waals surface area contributed by atoms with Crippen LogP contribution >= 0.6 is 0 Å². The zero-order valence-corrected chi connectivity index (χ0v) is 25.4. The van der Waals surface area contributed by atoms with Crippen LogP contribution in [-0.2, 0) is 25.7 Å². The van der Waals surface area contributed by atoms with E-state index in [1.165, 1.54) is 11.1 Å². The van der Waals surface area contributed by atoms with Crippen LogP contribution in [0.15, 0.2) is 55.1 Å². The normalized spacial score (nSPS) is 16.0. The number of rotatable bonds is 6. The molecule has 47 heavy (non-hydrogen) atoms. The minimum atomic E-state index is -4.63. The maximum Gasteiger partial charge on any atom is 0.418 e. The molecular weight excluding hydrogens is 618 g/mol. The van der Waals surface area contributed by atoms with Crippen molar-refractivity contribution in [2.24, 2.45) is 0 Å². The third-order valence-corrected chi connectivity index (χ3v) is 8.57. The van der Waals surface area contributed by atoms with Crippen LogP contribution in [0.5, 0.6) is 11.5 Å². The van der Waals surface area contributed by atoms with Crippen LogP contribution in [0.3, 0.4) is 0 Å². The monoisotopic (exact) mass is 649 g/mol. The average Bonchev–Trinajstić information content (AvgIpc) is 3.74. The summed E-state index contributed by atoms with van der Waals surface area (Å²) in [5, 5.41) is 9.72. The molecule has 2 amide bonds. The highest BCUT2D eigenvalue weighted by atomic mass is 19.4. The Hall–Kier alpha value is -5.02.